The number of amides is 1. The summed E-state index contributed by atoms with van der Waals surface area (Å²) in [4.78, 5) is 12.1. The van der Waals surface area contributed by atoms with Crippen LogP contribution < -0.4 is 5.32 Å². The molecular weight excluding hydrogens is 304 g/mol. The highest BCUT2D eigenvalue weighted by molar-refractivity contribution is 7.88. The number of aryl methyl sites for hydroxylation is 1. The van der Waals surface area contributed by atoms with Crippen LogP contribution in [0.5, 0.6) is 0 Å². The number of methoxy groups -OCH3 is 1. The van der Waals surface area contributed by atoms with Crippen molar-refractivity contribution in [3.05, 3.63) is 35.4 Å². The minimum absolute atomic E-state index is 0.191. The van der Waals surface area contributed by atoms with Gasteiger partial charge in [-0.15, -0.1) is 0 Å². The second-order valence-electron chi connectivity index (χ2n) is 5.08. The third kappa shape index (κ3) is 6.13. The van der Waals surface area contributed by atoms with Crippen LogP contribution in [0.25, 0.3) is 0 Å². The maximum Gasteiger partial charge on any atom is 0.251 e. The second-order valence-corrected chi connectivity index (χ2v) is 7.06. The SMILES string of the molecule is COCCCN(CCNC(=O)c1ccccc1C)S(C)(=O)=O. The van der Waals surface area contributed by atoms with Crippen molar-refractivity contribution in [3.63, 3.8) is 0 Å². The summed E-state index contributed by atoms with van der Waals surface area (Å²) in [5.41, 5.74) is 1.49. The van der Waals surface area contributed by atoms with Crippen molar-refractivity contribution in [1.29, 1.82) is 0 Å². The number of hydrogen-bond donors (Lipinski definition) is 1. The van der Waals surface area contributed by atoms with Crippen molar-refractivity contribution >= 4 is 15.9 Å². The zero-order valence-corrected chi connectivity index (χ0v) is 14.1. The molecule has 0 saturated heterocycles. The number of nitrogens with one attached hydrogen (secondary N) is 1. The van der Waals surface area contributed by atoms with Crippen LogP contribution in [-0.2, 0) is 14.8 Å². The molecule has 0 aliphatic rings. The predicted molar refractivity (Wildman–Crippen MR) is 86.4 cm³/mol. The Morgan fingerprint density at radius 3 is 2.55 bits per heavy atom. The fourth-order valence-electron chi connectivity index (χ4n) is 2.05. The standard InChI is InChI=1S/C15H24N2O4S/c1-13-7-4-5-8-14(13)15(18)16-9-11-17(22(3,19)20)10-6-12-21-2/h4-5,7-8H,6,9-12H2,1-3H3,(H,16,18). The maximum atomic E-state index is 12.1. The van der Waals surface area contributed by atoms with Crippen LogP contribution in [0.15, 0.2) is 24.3 Å². The molecule has 0 fully saturated rings. The van der Waals surface area contributed by atoms with Crippen molar-refractivity contribution in [3.8, 4) is 0 Å². The number of carbonyl (C=O) groups is 1. The molecule has 0 aromatic heterocycles. The summed E-state index contributed by atoms with van der Waals surface area (Å²) in [5, 5.41) is 2.76. The van der Waals surface area contributed by atoms with E-state index in [-0.39, 0.29) is 19.0 Å². The van der Waals surface area contributed by atoms with Gasteiger partial charge in [-0.1, -0.05) is 18.2 Å². The minimum Gasteiger partial charge on any atom is -0.385 e. The van der Waals surface area contributed by atoms with E-state index in [0.29, 0.717) is 25.1 Å². The van der Waals surface area contributed by atoms with E-state index in [9.17, 15) is 13.2 Å². The molecule has 6 nitrogen and oxygen atoms in total. The summed E-state index contributed by atoms with van der Waals surface area (Å²) in [6.07, 6.45) is 1.79. The Kier molecular flexibility index (Phi) is 7.50. The molecule has 0 saturated carbocycles. The van der Waals surface area contributed by atoms with Gasteiger partial charge in [-0.25, -0.2) is 12.7 Å². The van der Waals surface area contributed by atoms with Crippen LogP contribution >= 0.6 is 0 Å². The van der Waals surface area contributed by atoms with Gasteiger partial charge in [-0.2, -0.15) is 0 Å². The van der Waals surface area contributed by atoms with Crippen molar-refractivity contribution in [2.75, 3.05) is 39.6 Å². The number of benzene rings is 1. The van der Waals surface area contributed by atoms with Gasteiger partial charge in [-0.3, -0.25) is 4.79 Å². The van der Waals surface area contributed by atoms with Crippen LogP contribution in [0.3, 0.4) is 0 Å². The van der Waals surface area contributed by atoms with E-state index in [0.717, 1.165) is 5.56 Å². The highest BCUT2D eigenvalue weighted by Crippen LogP contribution is 2.06. The summed E-state index contributed by atoms with van der Waals surface area (Å²) < 4.78 is 29.7. The first-order valence-electron chi connectivity index (χ1n) is 7.14. The molecule has 0 bridgehead atoms. The topological polar surface area (TPSA) is 75.7 Å². The minimum atomic E-state index is -3.29. The number of rotatable bonds is 9. The molecule has 0 radical (unpaired) electrons. The van der Waals surface area contributed by atoms with Gasteiger partial charge in [0, 0.05) is 38.9 Å². The number of nitrogens with zero attached hydrogens (tertiary/aromatic N) is 1. The summed E-state index contributed by atoms with van der Waals surface area (Å²) in [5.74, 6) is -0.191. The largest absolute Gasteiger partial charge is 0.385 e. The number of sulfonamides is 1. The molecule has 0 aliphatic heterocycles. The fraction of sp³-hybridized carbons (Fsp3) is 0.533. The van der Waals surface area contributed by atoms with E-state index >= 15 is 0 Å². The average molecular weight is 328 g/mol. The molecule has 0 unspecified atom stereocenters. The van der Waals surface area contributed by atoms with Crippen molar-refractivity contribution in [2.24, 2.45) is 0 Å². The van der Waals surface area contributed by atoms with Crippen molar-refractivity contribution in [1.82, 2.24) is 9.62 Å². The van der Waals surface area contributed by atoms with Crippen LogP contribution in [0.4, 0.5) is 0 Å². The molecule has 22 heavy (non-hydrogen) atoms. The summed E-state index contributed by atoms with van der Waals surface area (Å²) in [7, 11) is -1.71. The molecule has 124 valence electrons. The summed E-state index contributed by atoms with van der Waals surface area (Å²) in [6.45, 7) is 3.27. The molecule has 1 amide bonds. The second kappa shape index (κ2) is 8.87. The first kappa shape index (κ1) is 18.6. The Bertz CT molecular complexity index is 587. The third-order valence-electron chi connectivity index (χ3n) is 3.26. The normalized spacial score (nSPS) is 11.6. The van der Waals surface area contributed by atoms with Crippen LogP contribution in [-0.4, -0.2) is 58.2 Å². The molecule has 1 rings (SSSR count). The number of ether oxygens (including phenoxy) is 1. The Morgan fingerprint density at radius 1 is 1.27 bits per heavy atom. The average Bonchev–Trinajstić information content (AvgIpc) is 2.45. The van der Waals surface area contributed by atoms with Gasteiger partial charge >= 0.3 is 0 Å². The van der Waals surface area contributed by atoms with E-state index in [1.807, 2.05) is 19.1 Å². The van der Waals surface area contributed by atoms with Crippen LogP contribution in [0.1, 0.15) is 22.3 Å². The Hall–Kier alpha value is -1.44. The molecule has 1 aromatic rings. The lowest BCUT2D eigenvalue weighted by molar-refractivity contribution is 0.0950. The lowest BCUT2D eigenvalue weighted by Gasteiger charge is -2.20. The Balaban J connectivity index is 2.52. The molecule has 0 aliphatic carbocycles. The Labute approximate surface area is 132 Å². The maximum absolute atomic E-state index is 12.1. The highest BCUT2D eigenvalue weighted by atomic mass is 32.2. The molecule has 0 heterocycles. The van der Waals surface area contributed by atoms with Crippen molar-refractivity contribution in [2.45, 2.75) is 13.3 Å². The summed E-state index contributed by atoms with van der Waals surface area (Å²) in [6, 6.07) is 7.28. The molecule has 0 spiro atoms. The van der Waals surface area contributed by atoms with Crippen LogP contribution in [0.2, 0.25) is 0 Å². The quantitative estimate of drug-likeness (QED) is 0.687. The zero-order valence-electron chi connectivity index (χ0n) is 13.3. The van der Waals surface area contributed by atoms with Crippen molar-refractivity contribution < 1.29 is 17.9 Å². The molecule has 1 N–H and O–H groups in total. The lowest BCUT2D eigenvalue weighted by atomic mass is 10.1. The number of carbonyl (C=O) groups excluding carboxylic acids is 1. The lowest BCUT2D eigenvalue weighted by Crippen LogP contribution is -2.39. The molecule has 0 atom stereocenters. The van der Waals surface area contributed by atoms with Gasteiger partial charge in [0.25, 0.3) is 5.91 Å². The monoisotopic (exact) mass is 328 g/mol. The first-order chi connectivity index (χ1) is 10.4. The van der Waals surface area contributed by atoms with Gasteiger partial charge < -0.3 is 10.1 Å². The van der Waals surface area contributed by atoms with Gasteiger partial charge in [0.1, 0.15) is 0 Å². The van der Waals surface area contributed by atoms with Gasteiger partial charge in [-0.05, 0) is 25.0 Å². The smallest absolute Gasteiger partial charge is 0.251 e. The first-order valence-corrected chi connectivity index (χ1v) is 8.99. The highest BCUT2D eigenvalue weighted by Gasteiger charge is 2.16. The zero-order chi connectivity index (χ0) is 16.6. The Morgan fingerprint density at radius 2 is 1.95 bits per heavy atom. The van der Waals surface area contributed by atoms with Crippen LogP contribution in [0, 0.1) is 6.92 Å². The van der Waals surface area contributed by atoms with Gasteiger partial charge in [0.05, 0.1) is 6.26 Å². The molecule has 1 aromatic carbocycles. The van der Waals surface area contributed by atoms with E-state index in [4.69, 9.17) is 4.74 Å². The van der Waals surface area contributed by atoms with Gasteiger partial charge in [0.15, 0.2) is 0 Å². The summed E-state index contributed by atoms with van der Waals surface area (Å²) >= 11 is 0. The van der Waals surface area contributed by atoms with Gasteiger partial charge in [0.2, 0.25) is 10.0 Å². The van der Waals surface area contributed by atoms with E-state index < -0.39 is 10.0 Å². The molecule has 7 heteroatoms. The third-order valence-corrected chi connectivity index (χ3v) is 4.56. The van der Waals surface area contributed by atoms with E-state index in [2.05, 4.69) is 5.32 Å². The van der Waals surface area contributed by atoms with E-state index in [1.54, 1.807) is 19.2 Å². The van der Waals surface area contributed by atoms with E-state index in [1.165, 1.54) is 10.6 Å². The molecular formula is C15H24N2O4S. The predicted octanol–water partition coefficient (Wildman–Crippen LogP) is 1.02. The fourth-order valence-corrected chi connectivity index (χ4v) is 2.93. The number of hydrogen-bond acceptors (Lipinski definition) is 4.